The molecule has 5 nitrogen and oxygen atoms in total. The van der Waals surface area contributed by atoms with Crippen molar-refractivity contribution in [2.75, 3.05) is 0 Å². The highest BCUT2D eigenvalue weighted by Crippen LogP contribution is 2.65. The molecule has 0 saturated heterocycles. The molecule has 0 aromatic heterocycles. The van der Waals surface area contributed by atoms with Gasteiger partial charge >= 0.3 is 0 Å². The van der Waals surface area contributed by atoms with Crippen LogP contribution in [-0.2, 0) is 4.57 Å². The van der Waals surface area contributed by atoms with Crippen molar-refractivity contribution < 1.29 is 4.57 Å². The van der Waals surface area contributed by atoms with Gasteiger partial charge in [-0.25, -0.2) is 0 Å². The van der Waals surface area contributed by atoms with Crippen molar-refractivity contribution in [1.29, 1.82) is 0 Å². The molecule has 2 atom stereocenters. The number of halogens is 2. The number of amidine groups is 1. The van der Waals surface area contributed by atoms with Gasteiger partial charge in [-0.15, -0.1) is 4.85 Å². The molecule has 0 amide bonds. The van der Waals surface area contributed by atoms with E-state index in [-0.39, 0.29) is 0 Å². The van der Waals surface area contributed by atoms with Crippen LogP contribution in [0.5, 0.6) is 0 Å². The molecule has 122 valence electrons. The molecule has 10 heteroatoms. The van der Waals surface area contributed by atoms with Crippen LogP contribution in [0.2, 0.25) is 5.02 Å². The van der Waals surface area contributed by atoms with Crippen molar-refractivity contribution in [3.05, 3.63) is 63.6 Å². The van der Waals surface area contributed by atoms with Gasteiger partial charge in [0.25, 0.3) is 0 Å². The lowest BCUT2D eigenvalue weighted by molar-refractivity contribution is 0.498. The summed E-state index contributed by atoms with van der Waals surface area (Å²) in [6, 6.07) is 14.9. The van der Waals surface area contributed by atoms with Gasteiger partial charge in [0, 0.05) is 9.78 Å². The number of fused-ring (bicyclic) bond motifs is 1. The van der Waals surface area contributed by atoms with Crippen LogP contribution in [0.3, 0.4) is 0 Å². The minimum atomic E-state index is -3.10. The maximum atomic E-state index is 14.2. The second kappa shape index (κ2) is 6.47. The molecular weight excluding hydrogens is 450 g/mol. The first-order chi connectivity index (χ1) is 11.6. The first kappa shape index (κ1) is 16.6. The predicted molar refractivity (Wildman–Crippen MR) is 105 cm³/mol. The first-order valence-electron chi connectivity index (χ1n) is 6.93. The molecule has 2 aliphatic heterocycles. The minimum absolute atomic E-state index is 0.505. The quantitative estimate of drug-likeness (QED) is 0.595. The summed E-state index contributed by atoms with van der Waals surface area (Å²) in [5, 5.41) is 6.33. The average Bonchev–Trinajstić information content (AvgIpc) is 3.09. The zero-order valence-electron chi connectivity index (χ0n) is 12.0. The molecule has 0 fully saturated rings. The standard InChI is InChI=1S/C14H10BrClN4OP2S/c15-11-8-9(6-7-12(11)16)13-17-18-14-20(19-22-24-14)23(13,21)10-4-2-1-3-5-10/h1-8,13,17H. The summed E-state index contributed by atoms with van der Waals surface area (Å²) in [7, 11) is -2.33. The van der Waals surface area contributed by atoms with Crippen LogP contribution in [0.4, 0.5) is 0 Å². The summed E-state index contributed by atoms with van der Waals surface area (Å²) in [6.07, 6.45) is 0. The number of rotatable bonds is 2. The third kappa shape index (κ3) is 2.63. The van der Waals surface area contributed by atoms with Crippen LogP contribution >= 0.6 is 53.8 Å². The van der Waals surface area contributed by atoms with Crippen LogP contribution in [-0.4, -0.2) is 9.95 Å². The first-order valence-corrected chi connectivity index (χ1v) is 12.1. The lowest BCUT2D eigenvalue weighted by Gasteiger charge is -2.36. The maximum absolute atomic E-state index is 14.2. The van der Waals surface area contributed by atoms with E-state index in [2.05, 4.69) is 31.3 Å². The number of hydrogen-bond acceptors (Lipinski definition) is 5. The number of hydrogen-bond donors (Lipinski definition) is 1. The summed E-state index contributed by atoms with van der Waals surface area (Å²) in [4.78, 5) is 4.40. The van der Waals surface area contributed by atoms with E-state index in [0.717, 1.165) is 22.9 Å². The fourth-order valence-corrected chi connectivity index (χ4v) is 8.38. The molecule has 2 aromatic carbocycles. The van der Waals surface area contributed by atoms with Gasteiger partial charge in [0.1, 0.15) is 13.4 Å². The zero-order chi connectivity index (χ0) is 16.7. The molecule has 1 N–H and O–H groups in total. The third-order valence-corrected chi connectivity index (χ3v) is 9.91. The molecule has 0 spiro atoms. The number of nitrogens with one attached hydrogen (secondary N) is 1. The highest BCUT2D eigenvalue weighted by atomic mass is 79.9. The molecule has 2 aromatic rings. The van der Waals surface area contributed by atoms with E-state index < -0.39 is 13.1 Å². The summed E-state index contributed by atoms with van der Waals surface area (Å²) in [6.45, 7) is 0. The second-order valence-corrected chi connectivity index (χ2v) is 11.0. The molecule has 2 aliphatic rings. The Labute approximate surface area is 158 Å². The Morgan fingerprint density at radius 1 is 1.29 bits per heavy atom. The molecule has 2 unspecified atom stereocenters. The van der Waals surface area contributed by atoms with E-state index in [1.807, 2.05) is 42.5 Å². The smallest absolute Gasteiger partial charge is 0.249 e. The van der Waals surface area contributed by atoms with Crippen LogP contribution in [0.25, 0.3) is 0 Å². The summed E-state index contributed by atoms with van der Waals surface area (Å²) < 4.78 is 16.5. The monoisotopic (exact) mass is 458 g/mol. The fraction of sp³-hybridized carbons (Fsp3) is 0.0714. The van der Waals surface area contributed by atoms with E-state index >= 15 is 0 Å². The van der Waals surface area contributed by atoms with Crippen LogP contribution in [0.1, 0.15) is 11.3 Å². The Morgan fingerprint density at radius 3 is 2.83 bits per heavy atom. The van der Waals surface area contributed by atoms with E-state index in [1.165, 1.54) is 11.4 Å². The van der Waals surface area contributed by atoms with Gasteiger partial charge in [-0.2, -0.15) is 9.88 Å². The van der Waals surface area contributed by atoms with Gasteiger partial charge in [-0.1, -0.05) is 35.9 Å². The van der Waals surface area contributed by atoms with Crippen LogP contribution in [0, 0.1) is 0 Å². The second-order valence-electron chi connectivity index (χ2n) is 5.11. The van der Waals surface area contributed by atoms with Crippen molar-refractivity contribution in [3.8, 4) is 0 Å². The molecule has 0 saturated carbocycles. The molecule has 0 radical (unpaired) electrons. The lowest BCUT2D eigenvalue weighted by atomic mass is 10.2. The van der Waals surface area contributed by atoms with Gasteiger partial charge in [-0.3, -0.25) is 9.99 Å². The summed E-state index contributed by atoms with van der Waals surface area (Å²) >= 11 is 11.0. The Bertz CT molecular complexity index is 911. The molecule has 4 rings (SSSR count). The molecule has 0 aliphatic carbocycles. The zero-order valence-corrected chi connectivity index (χ0v) is 17.0. The Hall–Kier alpha value is -0.840. The van der Waals surface area contributed by atoms with E-state index in [4.69, 9.17) is 11.6 Å². The van der Waals surface area contributed by atoms with Gasteiger partial charge in [0.15, 0.2) is 0 Å². The van der Waals surface area contributed by atoms with Gasteiger partial charge in [-0.05, 0) is 57.1 Å². The van der Waals surface area contributed by atoms with Crippen molar-refractivity contribution in [2.45, 2.75) is 5.78 Å². The highest BCUT2D eigenvalue weighted by molar-refractivity contribution is 9.10. The Morgan fingerprint density at radius 2 is 2.08 bits per heavy atom. The minimum Gasteiger partial charge on any atom is -0.291 e. The van der Waals surface area contributed by atoms with Crippen molar-refractivity contribution in [1.82, 2.24) is 10.2 Å². The number of benzene rings is 2. The Kier molecular flexibility index (Phi) is 4.48. The maximum Gasteiger partial charge on any atom is 0.249 e. The predicted octanol–water partition coefficient (Wildman–Crippen LogP) is 5.59. The van der Waals surface area contributed by atoms with E-state index in [1.54, 1.807) is 10.8 Å². The molecule has 24 heavy (non-hydrogen) atoms. The van der Waals surface area contributed by atoms with Gasteiger partial charge in [0.2, 0.25) is 12.5 Å². The number of hydrazone groups is 1. The van der Waals surface area contributed by atoms with Crippen molar-refractivity contribution >= 4 is 64.3 Å². The fourth-order valence-electron chi connectivity index (χ4n) is 2.58. The van der Waals surface area contributed by atoms with Crippen molar-refractivity contribution in [3.63, 3.8) is 0 Å². The highest BCUT2D eigenvalue weighted by Gasteiger charge is 2.48. The topological polar surface area (TPSA) is 57.1 Å². The largest absolute Gasteiger partial charge is 0.291 e. The van der Waals surface area contributed by atoms with Crippen LogP contribution in [0.15, 0.2) is 63.0 Å². The Balaban J connectivity index is 1.90. The van der Waals surface area contributed by atoms with E-state index in [9.17, 15) is 4.57 Å². The summed E-state index contributed by atoms with van der Waals surface area (Å²) in [5.41, 5.74) is 3.91. The van der Waals surface area contributed by atoms with Gasteiger partial charge in [0.05, 0.1) is 5.02 Å². The third-order valence-electron chi connectivity index (χ3n) is 3.71. The number of nitrogens with zero attached hydrogens (tertiary/aromatic N) is 3. The molecule has 0 bridgehead atoms. The summed E-state index contributed by atoms with van der Waals surface area (Å²) in [5.74, 6) is -0.505. The van der Waals surface area contributed by atoms with E-state index in [0.29, 0.717) is 10.2 Å². The normalized spacial score (nSPS) is 25.8. The SMILES string of the molecule is O=P1(c2ccccc2)C(c2ccc(Cl)c(Br)c2)NN=C2SP=NN21. The molecule has 2 heterocycles. The van der Waals surface area contributed by atoms with Crippen LogP contribution < -0.4 is 10.7 Å². The lowest BCUT2D eigenvalue weighted by Crippen LogP contribution is -2.37. The average molecular weight is 460 g/mol. The molecular formula is C14H10BrClN4OP2S. The van der Waals surface area contributed by atoms with Gasteiger partial charge < -0.3 is 0 Å². The van der Waals surface area contributed by atoms with Crippen molar-refractivity contribution in [2.24, 2.45) is 9.96 Å².